The van der Waals surface area contributed by atoms with Gasteiger partial charge in [0.05, 0.1) is 13.2 Å². The fourth-order valence-electron chi connectivity index (χ4n) is 2.08. The van der Waals surface area contributed by atoms with Gasteiger partial charge < -0.3 is 14.4 Å². The van der Waals surface area contributed by atoms with Gasteiger partial charge in [0, 0.05) is 5.39 Å². The molecule has 0 spiro atoms. The van der Waals surface area contributed by atoms with Crippen molar-refractivity contribution in [1.82, 2.24) is 0 Å². The zero-order valence-corrected chi connectivity index (χ0v) is 8.72. The molecule has 0 radical (unpaired) electrons. The van der Waals surface area contributed by atoms with Gasteiger partial charge in [0.15, 0.2) is 0 Å². The summed E-state index contributed by atoms with van der Waals surface area (Å²) in [6.07, 6.45) is 0. The number of phenols is 1. The van der Waals surface area contributed by atoms with E-state index in [4.69, 9.17) is 9.31 Å². The molecule has 0 atom stereocenters. The summed E-state index contributed by atoms with van der Waals surface area (Å²) in [5.74, 6) is 0.271. The van der Waals surface area contributed by atoms with E-state index in [-0.39, 0.29) is 12.9 Å². The Bertz CT molecular complexity index is 515. The van der Waals surface area contributed by atoms with Gasteiger partial charge in [0.25, 0.3) is 0 Å². The molecule has 1 saturated heterocycles. The van der Waals surface area contributed by atoms with Crippen LogP contribution in [0.5, 0.6) is 5.75 Å². The van der Waals surface area contributed by atoms with Gasteiger partial charge in [-0.3, -0.25) is 0 Å². The first kappa shape index (κ1) is 9.69. The first-order valence-corrected chi connectivity index (χ1v) is 5.30. The Morgan fingerprint density at radius 3 is 2.44 bits per heavy atom. The quantitative estimate of drug-likeness (QED) is 0.727. The molecule has 1 N–H and O–H groups in total. The van der Waals surface area contributed by atoms with Gasteiger partial charge in [0.2, 0.25) is 0 Å². The Morgan fingerprint density at radius 1 is 1.00 bits per heavy atom. The Labute approximate surface area is 93.8 Å². The van der Waals surface area contributed by atoms with E-state index in [1.807, 2.05) is 30.3 Å². The van der Waals surface area contributed by atoms with Crippen molar-refractivity contribution in [3.63, 3.8) is 0 Å². The van der Waals surface area contributed by atoms with E-state index in [9.17, 15) is 5.11 Å². The van der Waals surface area contributed by atoms with Crippen molar-refractivity contribution in [2.75, 3.05) is 13.2 Å². The maximum atomic E-state index is 9.90. The van der Waals surface area contributed by atoms with Crippen LogP contribution in [-0.4, -0.2) is 25.4 Å². The number of aromatic hydroxyl groups is 1. The lowest BCUT2D eigenvalue weighted by Gasteiger charge is -2.09. The highest BCUT2D eigenvalue weighted by Crippen LogP contribution is 2.23. The average molecular weight is 214 g/mol. The SMILES string of the molecule is Oc1cccc2cccc(B3OCCO3)c12. The number of rotatable bonds is 1. The van der Waals surface area contributed by atoms with Crippen LogP contribution in [0.15, 0.2) is 36.4 Å². The van der Waals surface area contributed by atoms with Gasteiger partial charge in [-0.1, -0.05) is 30.3 Å². The van der Waals surface area contributed by atoms with Crippen molar-refractivity contribution in [2.45, 2.75) is 0 Å². The van der Waals surface area contributed by atoms with Crippen LogP contribution >= 0.6 is 0 Å². The van der Waals surface area contributed by atoms with Gasteiger partial charge >= 0.3 is 7.12 Å². The third kappa shape index (κ3) is 1.47. The third-order valence-corrected chi connectivity index (χ3v) is 2.79. The van der Waals surface area contributed by atoms with Crippen LogP contribution in [-0.2, 0) is 9.31 Å². The molecule has 1 aliphatic heterocycles. The molecule has 80 valence electrons. The minimum absolute atomic E-state index is 0.271. The highest BCUT2D eigenvalue weighted by Gasteiger charge is 2.28. The monoisotopic (exact) mass is 214 g/mol. The molecule has 0 aromatic heterocycles. The van der Waals surface area contributed by atoms with Crippen LogP contribution in [0.3, 0.4) is 0 Å². The smallest absolute Gasteiger partial charge is 0.494 e. The fourth-order valence-corrected chi connectivity index (χ4v) is 2.08. The summed E-state index contributed by atoms with van der Waals surface area (Å²) in [7, 11) is -0.350. The van der Waals surface area contributed by atoms with Gasteiger partial charge in [-0.25, -0.2) is 0 Å². The third-order valence-electron chi connectivity index (χ3n) is 2.79. The second-order valence-corrected chi connectivity index (χ2v) is 3.80. The van der Waals surface area contributed by atoms with Crippen molar-refractivity contribution >= 4 is 23.4 Å². The Morgan fingerprint density at radius 2 is 1.69 bits per heavy atom. The largest absolute Gasteiger partial charge is 0.507 e. The van der Waals surface area contributed by atoms with E-state index >= 15 is 0 Å². The molecule has 2 aromatic carbocycles. The average Bonchev–Trinajstić information content (AvgIpc) is 2.82. The second-order valence-electron chi connectivity index (χ2n) is 3.80. The molecule has 0 saturated carbocycles. The zero-order valence-electron chi connectivity index (χ0n) is 8.72. The summed E-state index contributed by atoms with van der Waals surface area (Å²) in [6.45, 7) is 1.21. The van der Waals surface area contributed by atoms with Crippen molar-refractivity contribution in [2.24, 2.45) is 0 Å². The Balaban J connectivity index is 2.23. The maximum absolute atomic E-state index is 9.90. The van der Waals surface area contributed by atoms with Crippen LogP contribution in [0.25, 0.3) is 10.8 Å². The topological polar surface area (TPSA) is 38.7 Å². The number of benzene rings is 2. The molecule has 0 unspecified atom stereocenters. The van der Waals surface area contributed by atoms with Gasteiger partial charge in [-0.05, 0) is 16.9 Å². The first-order valence-electron chi connectivity index (χ1n) is 5.30. The summed E-state index contributed by atoms with van der Waals surface area (Å²) >= 11 is 0. The minimum Gasteiger partial charge on any atom is -0.507 e. The molecule has 3 nitrogen and oxygen atoms in total. The van der Waals surface area contributed by atoms with Crippen LogP contribution in [0.4, 0.5) is 0 Å². The van der Waals surface area contributed by atoms with Gasteiger partial charge in [-0.2, -0.15) is 0 Å². The summed E-state index contributed by atoms with van der Waals surface area (Å²) in [5.41, 5.74) is 0.896. The van der Waals surface area contributed by atoms with Gasteiger partial charge in [0.1, 0.15) is 5.75 Å². The van der Waals surface area contributed by atoms with E-state index < -0.39 is 0 Å². The number of fused-ring (bicyclic) bond motifs is 1. The summed E-state index contributed by atoms with van der Waals surface area (Å²) in [4.78, 5) is 0. The molecule has 3 rings (SSSR count). The lowest BCUT2D eigenvalue weighted by molar-refractivity contribution is 0.365. The van der Waals surface area contributed by atoms with E-state index in [1.165, 1.54) is 0 Å². The van der Waals surface area contributed by atoms with Gasteiger partial charge in [-0.15, -0.1) is 0 Å². The first-order chi connectivity index (χ1) is 7.86. The lowest BCUT2D eigenvalue weighted by atomic mass is 9.76. The van der Waals surface area contributed by atoms with Crippen LogP contribution < -0.4 is 5.46 Å². The minimum atomic E-state index is -0.350. The number of hydrogen-bond donors (Lipinski definition) is 1. The normalized spacial score (nSPS) is 15.9. The van der Waals surface area contributed by atoms with Crippen LogP contribution in [0.2, 0.25) is 0 Å². The lowest BCUT2D eigenvalue weighted by Crippen LogP contribution is -2.32. The highest BCUT2D eigenvalue weighted by molar-refractivity contribution is 6.65. The molecule has 4 heteroatoms. The van der Waals surface area contributed by atoms with Crippen molar-refractivity contribution < 1.29 is 14.4 Å². The fraction of sp³-hybridized carbons (Fsp3) is 0.167. The van der Waals surface area contributed by atoms with E-state index in [0.717, 1.165) is 16.2 Å². The molecule has 1 aliphatic rings. The highest BCUT2D eigenvalue weighted by atomic mass is 16.6. The Kier molecular flexibility index (Phi) is 2.31. The van der Waals surface area contributed by atoms with Crippen LogP contribution in [0.1, 0.15) is 0 Å². The summed E-state index contributed by atoms with van der Waals surface area (Å²) in [6, 6.07) is 11.3. The number of hydrogen-bond acceptors (Lipinski definition) is 3. The molecular weight excluding hydrogens is 203 g/mol. The molecule has 0 bridgehead atoms. The summed E-state index contributed by atoms with van der Waals surface area (Å²) in [5, 5.41) is 11.7. The second kappa shape index (κ2) is 3.81. The molecular formula is C12H11BO3. The Hall–Kier alpha value is -1.52. The van der Waals surface area contributed by atoms with Crippen molar-refractivity contribution in [1.29, 1.82) is 0 Å². The molecule has 16 heavy (non-hydrogen) atoms. The summed E-state index contributed by atoms with van der Waals surface area (Å²) < 4.78 is 10.9. The predicted molar refractivity (Wildman–Crippen MR) is 62.9 cm³/mol. The van der Waals surface area contributed by atoms with E-state index in [0.29, 0.717) is 13.2 Å². The van der Waals surface area contributed by atoms with Crippen LogP contribution in [0, 0.1) is 0 Å². The van der Waals surface area contributed by atoms with Crippen molar-refractivity contribution in [3.05, 3.63) is 36.4 Å². The molecule has 0 aliphatic carbocycles. The number of phenolic OH excluding ortho intramolecular Hbond substituents is 1. The molecule has 0 amide bonds. The standard InChI is InChI=1S/C12H11BO3/c14-11-6-2-4-9-3-1-5-10(12(9)11)13-15-7-8-16-13/h1-6,14H,7-8H2. The molecule has 1 heterocycles. The molecule has 2 aromatic rings. The van der Waals surface area contributed by atoms with E-state index in [1.54, 1.807) is 6.07 Å². The predicted octanol–water partition coefficient (Wildman–Crippen LogP) is 1.29. The zero-order chi connectivity index (χ0) is 11.0. The molecule has 1 fully saturated rings. The van der Waals surface area contributed by atoms with Crippen molar-refractivity contribution in [3.8, 4) is 5.75 Å². The van der Waals surface area contributed by atoms with E-state index in [2.05, 4.69) is 0 Å². The maximum Gasteiger partial charge on any atom is 0.494 e.